The number of halogens is 2. The highest BCUT2D eigenvalue weighted by Crippen LogP contribution is 2.20. The van der Waals surface area contributed by atoms with Gasteiger partial charge in [0.2, 0.25) is 0 Å². The van der Waals surface area contributed by atoms with Gasteiger partial charge in [0, 0.05) is 18.8 Å². The van der Waals surface area contributed by atoms with Crippen LogP contribution in [-0.4, -0.2) is 19.0 Å². The largest absolute Gasteiger partial charge is 0.381 e. The van der Waals surface area contributed by atoms with Crippen molar-refractivity contribution in [1.29, 1.82) is 0 Å². The van der Waals surface area contributed by atoms with E-state index in [0.717, 1.165) is 17.8 Å². The van der Waals surface area contributed by atoms with Gasteiger partial charge in [-0.25, -0.2) is 4.39 Å². The second-order valence-corrected chi connectivity index (χ2v) is 5.85. The molecule has 0 aliphatic rings. The van der Waals surface area contributed by atoms with Crippen molar-refractivity contribution in [3.63, 3.8) is 0 Å². The van der Waals surface area contributed by atoms with Crippen molar-refractivity contribution in [2.45, 2.75) is 13.1 Å². The van der Waals surface area contributed by atoms with E-state index in [1.165, 1.54) is 11.6 Å². The van der Waals surface area contributed by atoms with Crippen LogP contribution in [0.25, 0.3) is 0 Å². The van der Waals surface area contributed by atoms with E-state index in [9.17, 15) is 4.39 Å². The van der Waals surface area contributed by atoms with Gasteiger partial charge in [0.25, 0.3) is 0 Å². The minimum Gasteiger partial charge on any atom is -0.381 e. The summed E-state index contributed by atoms with van der Waals surface area (Å²) < 4.78 is 13.7. The Bertz CT molecular complexity index is 584. The number of para-hydroxylation sites is 1. The Morgan fingerprint density at radius 1 is 1.15 bits per heavy atom. The molecule has 2 aromatic rings. The molecule has 2 nitrogen and oxygen atoms in total. The molecule has 0 heterocycles. The summed E-state index contributed by atoms with van der Waals surface area (Å²) in [6.07, 6.45) is 0. The van der Waals surface area contributed by atoms with E-state index in [0.29, 0.717) is 11.0 Å². The molecule has 0 amide bonds. The van der Waals surface area contributed by atoms with Gasteiger partial charge in [0.05, 0.1) is 4.47 Å². The van der Waals surface area contributed by atoms with Gasteiger partial charge < -0.3 is 10.2 Å². The van der Waals surface area contributed by atoms with Crippen molar-refractivity contribution < 1.29 is 4.39 Å². The lowest BCUT2D eigenvalue weighted by molar-refractivity contribution is 0.403. The molecular weight excluding hydrogens is 319 g/mol. The van der Waals surface area contributed by atoms with Crippen LogP contribution in [0, 0.1) is 5.82 Å². The minimum atomic E-state index is -0.234. The number of hydrogen-bond donors (Lipinski definition) is 1. The number of hydrogen-bond acceptors (Lipinski definition) is 2. The van der Waals surface area contributed by atoms with Crippen molar-refractivity contribution in [2.75, 3.05) is 19.4 Å². The highest BCUT2D eigenvalue weighted by atomic mass is 79.9. The molecule has 0 aliphatic heterocycles. The van der Waals surface area contributed by atoms with Gasteiger partial charge in [-0.15, -0.1) is 0 Å². The molecule has 0 saturated carbocycles. The highest BCUT2D eigenvalue weighted by molar-refractivity contribution is 9.10. The molecule has 0 unspecified atom stereocenters. The van der Waals surface area contributed by atoms with Crippen molar-refractivity contribution in [3.8, 4) is 0 Å². The van der Waals surface area contributed by atoms with E-state index in [2.05, 4.69) is 38.3 Å². The maximum absolute atomic E-state index is 13.2. The molecule has 1 N–H and O–H groups in total. The number of benzene rings is 2. The van der Waals surface area contributed by atoms with Crippen molar-refractivity contribution in [2.24, 2.45) is 0 Å². The van der Waals surface area contributed by atoms with Crippen LogP contribution in [0.1, 0.15) is 11.1 Å². The zero-order chi connectivity index (χ0) is 14.5. The molecule has 2 rings (SSSR count). The van der Waals surface area contributed by atoms with Crippen molar-refractivity contribution in [1.82, 2.24) is 4.90 Å². The highest BCUT2D eigenvalue weighted by Gasteiger charge is 2.04. The number of nitrogens with one attached hydrogen (secondary N) is 1. The van der Waals surface area contributed by atoms with Crippen LogP contribution >= 0.6 is 15.9 Å². The fourth-order valence-electron chi connectivity index (χ4n) is 2.02. The molecule has 106 valence electrons. The SMILES string of the molecule is CN(C)Cc1ccccc1NCc1ccc(F)c(Br)c1. The molecule has 0 spiro atoms. The number of nitrogens with zero attached hydrogens (tertiary/aromatic N) is 1. The predicted octanol–water partition coefficient (Wildman–Crippen LogP) is 4.26. The van der Waals surface area contributed by atoms with E-state index in [1.807, 2.05) is 26.2 Å². The lowest BCUT2D eigenvalue weighted by atomic mass is 10.1. The summed E-state index contributed by atoms with van der Waals surface area (Å²) in [5.41, 5.74) is 3.40. The first-order valence-corrected chi connectivity index (χ1v) is 7.26. The summed E-state index contributed by atoms with van der Waals surface area (Å²) in [6, 6.07) is 13.3. The van der Waals surface area contributed by atoms with Gasteiger partial charge in [0.1, 0.15) is 5.82 Å². The van der Waals surface area contributed by atoms with Crippen molar-refractivity contribution >= 4 is 21.6 Å². The third kappa shape index (κ3) is 4.05. The van der Waals surface area contributed by atoms with Crippen LogP contribution in [0.5, 0.6) is 0 Å². The molecule has 4 heteroatoms. The van der Waals surface area contributed by atoms with E-state index in [-0.39, 0.29) is 5.82 Å². The van der Waals surface area contributed by atoms with Gasteiger partial charge in [-0.1, -0.05) is 24.3 Å². The summed E-state index contributed by atoms with van der Waals surface area (Å²) in [6.45, 7) is 1.56. The van der Waals surface area contributed by atoms with Crippen LogP contribution in [0.15, 0.2) is 46.9 Å². The van der Waals surface area contributed by atoms with Crippen LogP contribution in [0.3, 0.4) is 0 Å². The Morgan fingerprint density at radius 3 is 2.60 bits per heavy atom. The third-order valence-electron chi connectivity index (χ3n) is 2.97. The number of anilines is 1. The normalized spacial score (nSPS) is 10.8. The Labute approximate surface area is 127 Å². The summed E-state index contributed by atoms with van der Waals surface area (Å²) in [5, 5.41) is 3.41. The molecule has 0 atom stereocenters. The fraction of sp³-hybridized carbons (Fsp3) is 0.250. The maximum atomic E-state index is 13.2. The van der Waals surface area contributed by atoms with Gasteiger partial charge in [0.15, 0.2) is 0 Å². The third-order valence-corrected chi connectivity index (χ3v) is 3.58. The van der Waals surface area contributed by atoms with Gasteiger partial charge in [-0.05, 0) is 59.4 Å². The molecule has 0 radical (unpaired) electrons. The second-order valence-electron chi connectivity index (χ2n) is 5.00. The van der Waals surface area contributed by atoms with Gasteiger partial charge >= 0.3 is 0 Å². The lowest BCUT2D eigenvalue weighted by Crippen LogP contribution is -2.12. The molecule has 0 bridgehead atoms. The predicted molar refractivity (Wildman–Crippen MR) is 85.3 cm³/mol. The van der Waals surface area contributed by atoms with E-state index in [1.54, 1.807) is 12.1 Å². The second kappa shape index (κ2) is 6.86. The average molecular weight is 337 g/mol. The van der Waals surface area contributed by atoms with E-state index >= 15 is 0 Å². The smallest absolute Gasteiger partial charge is 0.137 e. The zero-order valence-electron chi connectivity index (χ0n) is 11.7. The first-order chi connectivity index (χ1) is 9.56. The van der Waals surface area contributed by atoms with Crippen molar-refractivity contribution in [3.05, 3.63) is 63.9 Å². The molecule has 0 fully saturated rings. The Kier molecular flexibility index (Phi) is 5.15. The maximum Gasteiger partial charge on any atom is 0.137 e. The molecule has 0 saturated heterocycles. The van der Waals surface area contributed by atoms with Crippen LogP contribution in [-0.2, 0) is 13.1 Å². The molecular formula is C16H18BrFN2. The first-order valence-electron chi connectivity index (χ1n) is 6.46. The minimum absolute atomic E-state index is 0.234. The van der Waals surface area contributed by atoms with E-state index in [4.69, 9.17) is 0 Å². The average Bonchev–Trinajstić information content (AvgIpc) is 2.41. The standard InChI is InChI=1S/C16H18BrFN2/c1-20(2)11-13-5-3-4-6-16(13)19-10-12-7-8-15(18)14(17)9-12/h3-9,19H,10-11H2,1-2H3. The quantitative estimate of drug-likeness (QED) is 0.877. The molecule has 0 aliphatic carbocycles. The zero-order valence-corrected chi connectivity index (χ0v) is 13.2. The molecule has 2 aromatic carbocycles. The Balaban J connectivity index is 2.08. The van der Waals surface area contributed by atoms with E-state index < -0.39 is 0 Å². The van der Waals surface area contributed by atoms with Gasteiger partial charge in [-0.3, -0.25) is 0 Å². The summed E-state index contributed by atoms with van der Waals surface area (Å²) in [4.78, 5) is 2.13. The summed E-state index contributed by atoms with van der Waals surface area (Å²) >= 11 is 3.21. The Morgan fingerprint density at radius 2 is 1.90 bits per heavy atom. The summed E-state index contributed by atoms with van der Waals surface area (Å²) in [5.74, 6) is -0.234. The van der Waals surface area contributed by atoms with Crippen LogP contribution in [0.2, 0.25) is 0 Å². The summed E-state index contributed by atoms with van der Waals surface area (Å²) in [7, 11) is 4.10. The molecule has 20 heavy (non-hydrogen) atoms. The Hall–Kier alpha value is -1.39. The number of rotatable bonds is 5. The molecule has 0 aromatic heterocycles. The monoisotopic (exact) mass is 336 g/mol. The fourth-order valence-corrected chi connectivity index (χ4v) is 2.44. The topological polar surface area (TPSA) is 15.3 Å². The van der Waals surface area contributed by atoms with Crippen LogP contribution < -0.4 is 5.32 Å². The van der Waals surface area contributed by atoms with Crippen LogP contribution in [0.4, 0.5) is 10.1 Å². The first kappa shape index (κ1) is 15.0. The lowest BCUT2D eigenvalue weighted by Gasteiger charge is -2.15. The van der Waals surface area contributed by atoms with Gasteiger partial charge in [-0.2, -0.15) is 0 Å².